The maximum atomic E-state index is 12.8. The third-order valence-corrected chi connectivity index (χ3v) is 4.97. The molecule has 0 fully saturated rings. The molecular formula is C15H18N6O6S. The molecule has 1 aromatic carbocycles. The minimum absolute atomic E-state index is 0.112. The molecule has 0 amide bonds. The zero-order valence-corrected chi connectivity index (χ0v) is 16.0. The van der Waals surface area contributed by atoms with Gasteiger partial charge in [0, 0.05) is 0 Å². The van der Waals surface area contributed by atoms with Crippen molar-refractivity contribution in [1.29, 1.82) is 0 Å². The second kappa shape index (κ2) is 8.49. The summed E-state index contributed by atoms with van der Waals surface area (Å²) in [4.78, 5) is 23.0. The molecule has 2 aromatic rings. The number of carbonyl (C=O) groups is 1. The van der Waals surface area contributed by atoms with Gasteiger partial charge in [0.15, 0.2) is 0 Å². The minimum Gasteiger partial charge on any atom is -0.481 e. The largest absolute Gasteiger partial charge is 0.481 e. The Morgan fingerprint density at radius 2 is 1.68 bits per heavy atom. The van der Waals surface area contributed by atoms with E-state index in [9.17, 15) is 13.2 Å². The highest BCUT2D eigenvalue weighted by Gasteiger charge is 2.29. The number of ether oxygens (including phenoxy) is 3. The van der Waals surface area contributed by atoms with E-state index in [1.807, 2.05) is 0 Å². The number of nitrogens with two attached hydrogens (primary N) is 2. The second-order valence-electron chi connectivity index (χ2n) is 5.01. The molecule has 150 valence electrons. The third kappa shape index (κ3) is 4.27. The SMILES string of the molecule is COC(=O)c1ccccc1S(=O)(=O)N(N)C(N)=Nc1nc(OC)cc(OC)n1. The van der Waals surface area contributed by atoms with Gasteiger partial charge in [0.05, 0.1) is 33.0 Å². The summed E-state index contributed by atoms with van der Waals surface area (Å²) in [5.41, 5.74) is 5.49. The number of aliphatic imine (C=N–C) groups is 1. The normalized spacial score (nSPS) is 11.6. The van der Waals surface area contributed by atoms with Crippen molar-refractivity contribution in [2.24, 2.45) is 16.6 Å². The summed E-state index contributed by atoms with van der Waals surface area (Å²) < 4.78 is 40.3. The number of guanidine groups is 1. The molecule has 0 bridgehead atoms. The second-order valence-corrected chi connectivity index (χ2v) is 6.79. The van der Waals surface area contributed by atoms with Crippen LogP contribution in [-0.2, 0) is 14.8 Å². The number of hydrazine groups is 1. The fourth-order valence-corrected chi connectivity index (χ4v) is 3.18. The minimum atomic E-state index is -4.44. The molecule has 13 heteroatoms. The van der Waals surface area contributed by atoms with E-state index in [1.165, 1.54) is 44.6 Å². The van der Waals surface area contributed by atoms with Crippen LogP contribution in [0.5, 0.6) is 11.8 Å². The van der Waals surface area contributed by atoms with E-state index in [0.717, 1.165) is 7.11 Å². The molecule has 0 unspecified atom stereocenters. The Morgan fingerprint density at radius 3 is 2.21 bits per heavy atom. The van der Waals surface area contributed by atoms with E-state index in [1.54, 1.807) is 0 Å². The van der Waals surface area contributed by atoms with Crippen LogP contribution >= 0.6 is 0 Å². The number of benzene rings is 1. The summed E-state index contributed by atoms with van der Waals surface area (Å²) in [5, 5.41) is 0. The van der Waals surface area contributed by atoms with Crippen molar-refractivity contribution in [3.05, 3.63) is 35.9 Å². The first-order chi connectivity index (χ1) is 13.2. The number of rotatable bonds is 6. The molecular weight excluding hydrogens is 392 g/mol. The number of hydrogen-bond donors (Lipinski definition) is 2. The van der Waals surface area contributed by atoms with Crippen molar-refractivity contribution in [2.75, 3.05) is 21.3 Å². The van der Waals surface area contributed by atoms with Crippen molar-refractivity contribution >= 4 is 27.9 Å². The van der Waals surface area contributed by atoms with Gasteiger partial charge in [-0.2, -0.15) is 27.8 Å². The van der Waals surface area contributed by atoms with Crippen LogP contribution in [0.1, 0.15) is 10.4 Å². The first-order valence-electron chi connectivity index (χ1n) is 7.53. The highest BCUT2D eigenvalue weighted by atomic mass is 32.2. The number of nitrogens with zero attached hydrogens (tertiary/aromatic N) is 4. The lowest BCUT2D eigenvalue weighted by molar-refractivity contribution is 0.0596. The third-order valence-electron chi connectivity index (χ3n) is 3.36. The van der Waals surface area contributed by atoms with E-state index < -0.39 is 26.8 Å². The number of esters is 1. The maximum Gasteiger partial charge on any atom is 0.339 e. The molecule has 0 saturated heterocycles. The lowest BCUT2D eigenvalue weighted by Crippen LogP contribution is -2.47. The molecule has 1 heterocycles. The van der Waals surface area contributed by atoms with E-state index in [4.69, 9.17) is 21.1 Å². The quantitative estimate of drug-likeness (QED) is 0.213. The van der Waals surface area contributed by atoms with Crippen molar-refractivity contribution in [3.8, 4) is 11.8 Å². The Kier molecular flexibility index (Phi) is 6.33. The number of aromatic nitrogens is 2. The predicted molar refractivity (Wildman–Crippen MR) is 97.4 cm³/mol. The van der Waals surface area contributed by atoms with E-state index in [2.05, 4.69) is 19.7 Å². The van der Waals surface area contributed by atoms with Crippen LogP contribution in [0.3, 0.4) is 0 Å². The van der Waals surface area contributed by atoms with Crippen LogP contribution in [-0.4, -0.2) is 56.1 Å². The molecule has 2 rings (SSSR count). The predicted octanol–water partition coefficient (Wildman–Crippen LogP) is -0.209. The van der Waals surface area contributed by atoms with Gasteiger partial charge in [-0.25, -0.2) is 10.6 Å². The van der Waals surface area contributed by atoms with Crippen molar-refractivity contribution in [1.82, 2.24) is 14.4 Å². The molecule has 0 spiro atoms. The first-order valence-corrected chi connectivity index (χ1v) is 8.97. The van der Waals surface area contributed by atoms with Crippen LogP contribution in [0, 0.1) is 0 Å². The summed E-state index contributed by atoms with van der Waals surface area (Å²) in [7, 11) is -0.592. The summed E-state index contributed by atoms with van der Waals surface area (Å²) in [6.07, 6.45) is 0. The molecule has 0 radical (unpaired) electrons. The first kappa shape index (κ1) is 20.9. The number of methoxy groups -OCH3 is 3. The highest BCUT2D eigenvalue weighted by Crippen LogP contribution is 2.21. The molecule has 0 atom stereocenters. The number of hydrogen-bond acceptors (Lipinski definition) is 10. The fourth-order valence-electron chi connectivity index (χ4n) is 2.00. The van der Waals surface area contributed by atoms with E-state index in [0.29, 0.717) is 0 Å². The number of carbonyl (C=O) groups excluding carboxylic acids is 1. The average molecular weight is 410 g/mol. The Bertz CT molecular complexity index is 988. The topological polar surface area (TPSA) is 172 Å². The van der Waals surface area contributed by atoms with E-state index >= 15 is 0 Å². The summed E-state index contributed by atoms with van der Waals surface area (Å²) in [5.74, 6) is 4.11. The Labute approximate surface area is 160 Å². The van der Waals surface area contributed by atoms with Crippen molar-refractivity contribution < 1.29 is 27.4 Å². The zero-order chi connectivity index (χ0) is 20.9. The molecule has 0 aliphatic rings. The fraction of sp³-hybridized carbons (Fsp3) is 0.200. The molecule has 0 aliphatic heterocycles. The Hall–Kier alpha value is -3.45. The Balaban J connectivity index is 2.46. The monoisotopic (exact) mass is 410 g/mol. The van der Waals surface area contributed by atoms with Gasteiger partial charge in [-0.15, -0.1) is 0 Å². The van der Waals surface area contributed by atoms with Crippen LogP contribution in [0.25, 0.3) is 0 Å². The van der Waals surface area contributed by atoms with Gasteiger partial charge in [-0.3, -0.25) is 0 Å². The smallest absolute Gasteiger partial charge is 0.339 e. The van der Waals surface area contributed by atoms with Crippen LogP contribution in [0.2, 0.25) is 0 Å². The molecule has 4 N–H and O–H groups in total. The standard InChI is InChI=1S/C15H18N6O6S/c1-25-11-8-12(26-2)19-15(18-11)20-14(16)21(17)28(23,24)10-7-5-4-6-9(10)13(22)27-3/h4-8H,17H2,1-3H3,(H2,16,18,19,20). The van der Waals surface area contributed by atoms with E-state index in [-0.39, 0.29) is 27.7 Å². The summed E-state index contributed by atoms with van der Waals surface area (Å²) >= 11 is 0. The molecule has 1 aromatic heterocycles. The Morgan fingerprint density at radius 1 is 1.11 bits per heavy atom. The van der Waals surface area contributed by atoms with Crippen molar-refractivity contribution in [2.45, 2.75) is 4.90 Å². The maximum absolute atomic E-state index is 12.8. The lowest BCUT2D eigenvalue weighted by Gasteiger charge is -2.18. The van der Waals surface area contributed by atoms with Gasteiger partial charge in [0.2, 0.25) is 17.7 Å². The van der Waals surface area contributed by atoms with Crippen LogP contribution in [0.4, 0.5) is 5.95 Å². The average Bonchev–Trinajstić information content (AvgIpc) is 2.71. The molecule has 28 heavy (non-hydrogen) atoms. The van der Waals surface area contributed by atoms with Crippen LogP contribution in [0.15, 0.2) is 40.2 Å². The van der Waals surface area contributed by atoms with Gasteiger partial charge in [-0.05, 0) is 12.1 Å². The molecule has 12 nitrogen and oxygen atoms in total. The van der Waals surface area contributed by atoms with Gasteiger partial charge < -0.3 is 19.9 Å². The highest BCUT2D eigenvalue weighted by molar-refractivity contribution is 7.89. The van der Waals surface area contributed by atoms with Crippen molar-refractivity contribution in [3.63, 3.8) is 0 Å². The summed E-state index contributed by atoms with van der Waals surface area (Å²) in [6, 6.07) is 6.73. The number of sulfonamides is 1. The van der Waals surface area contributed by atoms with Gasteiger partial charge in [0.25, 0.3) is 16.0 Å². The van der Waals surface area contributed by atoms with Gasteiger partial charge in [0.1, 0.15) is 4.90 Å². The molecule has 0 saturated carbocycles. The lowest BCUT2D eigenvalue weighted by atomic mass is 10.2. The zero-order valence-electron chi connectivity index (χ0n) is 15.2. The van der Waals surface area contributed by atoms with Crippen LogP contribution < -0.4 is 21.1 Å². The summed E-state index contributed by atoms with van der Waals surface area (Å²) in [6.45, 7) is 0. The van der Waals surface area contributed by atoms with Gasteiger partial charge >= 0.3 is 5.97 Å². The van der Waals surface area contributed by atoms with Gasteiger partial charge in [-0.1, -0.05) is 12.1 Å². The molecule has 0 aliphatic carbocycles.